The Labute approximate surface area is 156 Å². The first-order valence-electron chi connectivity index (χ1n) is 8.82. The third-order valence-corrected chi connectivity index (χ3v) is 4.91. The van der Waals surface area contributed by atoms with E-state index in [9.17, 15) is 14.7 Å². The molecule has 0 radical (unpaired) electrons. The van der Waals surface area contributed by atoms with Crippen molar-refractivity contribution in [2.45, 2.75) is 32.0 Å². The van der Waals surface area contributed by atoms with Crippen LogP contribution in [0.5, 0.6) is 11.5 Å². The predicted molar refractivity (Wildman–Crippen MR) is 98.4 cm³/mol. The molecule has 2 aliphatic rings. The van der Waals surface area contributed by atoms with Gasteiger partial charge in [0, 0.05) is 12.0 Å². The minimum absolute atomic E-state index is 0.109. The minimum Gasteiger partial charge on any atom is -0.490 e. The average molecular weight is 368 g/mol. The van der Waals surface area contributed by atoms with E-state index < -0.39 is 11.7 Å². The van der Waals surface area contributed by atoms with Crippen molar-refractivity contribution in [1.82, 2.24) is 5.32 Å². The molecule has 7 nitrogen and oxygen atoms in total. The van der Waals surface area contributed by atoms with Crippen molar-refractivity contribution in [2.75, 3.05) is 11.5 Å². The van der Waals surface area contributed by atoms with Gasteiger partial charge in [0.05, 0.1) is 23.9 Å². The van der Waals surface area contributed by atoms with Gasteiger partial charge in [0.2, 0.25) is 0 Å². The van der Waals surface area contributed by atoms with Gasteiger partial charge in [-0.05, 0) is 38.1 Å². The lowest BCUT2D eigenvalue weighted by atomic mass is 9.89. The zero-order chi connectivity index (χ0) is 19.2. The van der Waals surface area contributed by atoms with Crippen molar-refractivity contribution in [3.63, 3.8) is 0 Å². The second kappa shape index (κ2) is 6.19. The van der Waals surface area contributed by atoms with Gasteiger partial charge >= 0.3 is 12.0 Å². The van der Waals surface area contributed by atoms with Crippen LogP contribution in [0.2, 0.25) is 0 Å². The third kappa shape index (κ3) is 2.75. The highest BCUT2D eigenvalue weighted by atomic mass is 16.5. The largest absolute Gasteiger partial charge is 0.490 e. The monoisotopic (exact) mass is 368 g/mol. The number of benzene rings is 2. The molecule has 2 bridgehead atoms. The molecule has 2 atom stereocenters. The quantitative estimate of drug-likeness (QED) is 0.862. The maximum absolute atomic E-state index is 12.9. The fraction of sp³-hybridized carbons (Fsp3) is 0.300. The molecule has 1 fully saturated rings. The van der Waals surface area contributed by atoms with E-state index >= 15 is 0 Å². The molecule has 2 heterocycles. The molecular formula is C20H20N2O5. The van der Waals surface area contributed by atoms with E-state index in [1.165, 1.54) is 17.0 Å². The SMILES string of the molecule is CCOc1cccc2c1OC1(C)CC2NC(=O)N1c1cccc(C(=O)O)c1. The van der Waals surface area contributed by atoms with E-state index in [2.05, 4.69) is 5.32 Å². The Morgan fingerprint density at radius 2 is 2.15 bits per heavy atom. The number of amides is 2. The Morgan fingerprint density at radius 1 is 1.37 bits per heavy atom. The minimum atomic E-state index is -1.05. The molecule has 0 saturated carbocycles. The molecule has 2 aromatic carbocycles. The highest BCUT2D eigenvalue weighted by Crippen LogP contribution is 2.49. The Bertz CT molecular complexity index is 928. The van der Waals surface area contributed by atoms with Crippen LogP contribution in [0.25, 0.3) is 0 Å². The fourth-order valence-electron chi connectivity index (χ4n) is 3.80. The van der Waals surface area contributed by atoms with E-state index in [-0.39, 0.29) is 17.6 Å². The van der Waals surface area contributed by atoms with Gasteiger partial charge in [-0.25, -0.2) is 9.59 Å². The molecule has 2 N–H and O–H groups in total. The van der Waals surface area contributed by atoms with Crippen LogP contribution in [0.1, 0.15) is 42.2 Å². The molecule has 2 unspecified atom stereocenters. The Hall–Kier alpha value is -3.22. The molecule has 0 spiro atoms. The number of carbonyl (C=O) groups is 2. The normalized spacial score (nSPS) is 23.1. The standard InChI is InChI=1S/C20H20N2O5/c1-3-26-16-9-5-8-14-15-11-20(2,27-17(14)16)22(19(25)21-15)13-7-4-6-12(10-13)18(23)24/h4-10,15H,3,11H2,1-2H3,(H,21,25)(H,23,24). The lowest BCUT2D eigenvalue weighted by Crippen LogP contribution is -2.65. The summed E-state index contributed by atoms with van der Waals surface area (Å²) in [6.07, 6.45) is 0.526. The van der Waals surface area contributed by atoms with Crippen molar-refractivity contribution in [3.05, 3.63) is 53.6 Å². The number of hydrogen-bond acceptors (Lipinski definition) is 4. The van der Waals surface area contributed by atoms with Gasteiger partial charge in [-0.3, -0.25) is 4.90 Å². The summed E-state index contributed by atoms with van der Waals surface area (Å²) < 4.78 is 12.0. The molecule has 1 saturated heterocycles. The maximum atomic E-state index is 12.9. The number of carboxylic acid groups (broad SMARTS) is 1. The Kier molecular flexibility index (Phi) is 3.95. The van der Waals surface area contributed by atoms with Crippen LogP contribution in [0.3, 0.4) is 0 Å². The highest BCUT2D eigenvalue weighted by molar-refractivity contribution is 5.97. The molecule has 7 heteroatoms. The number of aromatic carboxylic acids is 1. The summed E-state index contributed by atoms with van der Waals surface area (Å²) in [5, 5.41) is 12.3. The average Bonchev–Trinajstić information content (AvgIpc) is 2.62. The number of ether oxygens (including phenoxy) is 2. The smallest absolute Gasteiger partial charge is 0.335 e. The van der Waals surface area contributed by atoms with E-state index in [1.54, 1.807) is 12.1 Å². The molecule has 2 aromatic rings. The number of carboxylic acids is 1. The molecule has 2 amide bonds. The van der Waals surface area contributed by atoms with Crippen LogP contribution < -0.4 is 19.7 Å². The lowest BCUT2D eigenvalue weighted by Gasteiger charge is -2.50. The van der Waals surface area contributed by atoms with E-state index in [0.29, 0.717) is 30.2 Å². The van der Waals surface area contributed by atoms with Gasteiger partial charge in [0.25, 0.3) is 0 Å². The van der Waals surface area contributed by atoms with E-state index in [0.717, 1.165) is 5.56 Å². The number of urea groups is 1. The molecular weight excluding hydrogens is 348 g/mol. The zero-order valence-corrected chi connectivity index (χ0v) is 15.1. The number of rotatable bonds is 4. The van der Waals surface area contributed by atoms with Crippen LogP contribution in [0.15, 0.2) is 42.5 Å². The van der Waals surface area contributed by atoms with Crippen LogP contribution in [-0.4, -0.2) is 29.4 Å². The van der Waals surface area contributed by atoms with Crippen molar-refractivity contribution in [3.8, 4) is 11.5 Å². The summed E-state index contributed by atoms with van der Waals surface area (Å²) >= 11 is 0. The molecule has 2 aliphatic heterocycles. The van der Waals surface area contributed by atoms with Crippen LogP contribution in [0, 0.1) is 0 Å². The summed E-state index contributed by atoms with van der Waals surface area (Å²) in [4.78, 5) is 25.7. The van der Waals surface area contributed by atoms with Gasteiger partial charge in [0.15, 0.2) is 17.2 Å². The predicted octanol–water partition coefficient (Wildman–Crippen LogP) is 3.55. The number of nitrogens with one attached hydrogen (secondary N) is 1. The molecule has 0 aliphatic carbocycles. The summed E-state index contributed by atoms with van der Waals surface area (Å²) in [6.45, 7) is 4.23. The number of para-hydroxylation sites is 1. The maximum Gasteiger partial charge on any atom is 0.335 e. The summed E-state index contributed by atoms with van der Waals surface area (Å²) in [5.41, 5.74) is 0.485. The number of carbonyl (C=O) groups excluding carboxylic acids is 1. The first-order valence-corrected chi connectivity index (χ1v) is 8.82. The fourth-order valence-corrected chi connectivity index (χ4v) is 3.80. The van der Waals surface area contributed by atoms with Crippen LogP contribution in [0.4, 0.5) is 10.5 Å². The van der Waals surface area contributed by atoms with Crippen LogP contribution in [-0.2, 0) is 0 Å². The zero-order valence-electron chi connectivity index (χ0n) is 15.1. The number of nitrogens with zero attached hydrogens (tertiary/aromatic N) is 1. The molecule has 0 aromatic heterocycles. The van der Waals surface area contributed by atoms with E-state index in [4.69, 9.17) is 9.47 Å². The molecule has 140 valence electrons. The number of fused-ring (bicyclic) bond motifs is 4. The number of hydrogen-bond donors (Lipinski definition) is 2. The first kappa shape index (κ1) is 17.2. The highest BCUT2D eigenvalue weighted by Gasteiger charge is 2.50. The Morgan fingerprint density at radius 3 is 2.89 bits per heavy atom. The second-order valence-corrected chi connectivity index (χ2v) is 6.78. The summed E-state index contributed by atoms with van der Waals surface area (Å²) in [6, 6.07) is 11.4. The second-order valence-electron chi connectivity index (χ2n) is 6.78. The topological polar surface area (TPSA) is 88.1 Å². The van der Waals surface area contributed by atoms with Gasteiger partial charge in [-0.2, -0.15) is 0 Å². The summed E-state index contributed by atoms with van der Waals surface area (Å²) in [5.74, 6) is 0.185. The van der Waals surface area contributed by atoms with E-state index in [1.807, 2.05) is 32.0 Å². The molecule has 4 rings (SSSR count). The van der Waals surface area contributed by atoms with Crippen molar-refractivity contribution < 1.29 is 24.2 Å². The molecule has 27 heavy (non-hydrogen) atoms. The van der Waals surface area contributed by atoms with Gasteiger partial charge in [0.1, 0.15) is 0 Å². The van der Waals surface area contributed by atoms with Crippen LogP contribution >= 0.6 is 0 Å². The lowest BCUT2D eigenvalue weighted by molar-refractivity contribution is 0.0342. The van der Waals surface area contributed by atoms with Gasteiger partial charge in [-0.15, -0.1) is 0 Å². The van der Waals surface area contributed by atoms with Crippen molar-refractivity contribution >= 4 is 17.7 Å². The van der Waals surface area contributed by atoms with Gasteiger partial charge < -0.3 is 19.9 Å². The first-order chi connectivity index (χ1) is 12.9. The van der Waals surface area contributed by atoms with Crippen molar-refractivity contribution in [1.29, 1.82) is 0 Å². The van der Waals surface area contributed by atoms with Crippen molar-refractivity contribution in [2.24, 2.45) is 0 Å². The van der Waals surface area contributed by atoms with Gasteiger partial charge in [-0.1, -0.05) is 18.2 Å². The summed E-state index contributed by atoms with van der Waals surface area (Å²) in [7, 11) is 0. The number of anilines is 1. The Balaban J connectivity index is 1.79. The third-order valence-electron chi connectivity index (χ3n) is 4.91.